The van der Waals surface area contributed by atoms with Gasteiger partial charge in [-0.1, -0.05) is 12.2 Å². The van der Waals surface area contributed by atoms with Crippen LogP contribution < -0.4 is 5.73 Å². The number of hydrogen-bond donors (Lipinski definition) is 1. The van der Waals surface area contributed by atoms with Crippen molar-refractivity contribution in [1.29, 1.82) is 0 Å². The molecule has 16 heavy (non-hydrogen) atoms. The molecular weight excluding hydrogens is 302 g/mol. The molecule has 0 aliphatic rings. The van der Waals surface area contributed by atoms with Crippen molar-refractivity contribution in [2.45, 2.75) is 8.42 Å². The highest BCUT2D eigenvalue weighted by Crippen LogP contribution is 2.40. The van der Waals surface area contributed by atoms with Crippen LogP contribution in [0.2, 0.25) is 0 Å². The van der Waals surface area contributed by atoms with Crippen LogP contribution >= 0.6 is 58.4 Å². The van der Waals surface area contributed by atoms with Gasteiger partial charge in [0, 0.05) is 5.75 Å². The summed E-state index contributed by atoms with van der Waals surface area (Å²) in [5.74, 6) is 1.12. The normalized spacial score (nSPS) is 10.4. The third-order valence-electron chi connectivity index (χ3n) is 1.45. The summed E-state index contributed by atoms with van der Waals surface area (Å²) in [5, 5.41) is 0. The van der Waals surface area contributed by atoms with E-state index < -0.39 is 0 Å². The zero-order valence-electron chi connectivity index (χ0n) is 8.69. The molecule has 1 aromatic rings. The lowest BCUT2D eigenvalue weighted by molar-refractivity contribution is -0.360. The molecule has 3 nitrogen and oxygen atoms in total. The van der Waals surface area contributed by atoms with E-state index in [4.69, 9.17) is 12.2 Å². The molecule has 0 aliphatic carbocycles. The molecule has 1 aromatic heterocycles. The summed E-state index contributed by atoms with van der Waals surface area (Å²) in [6, 6.07) is 0. The van der Waals surface area contributed by atoms with E-state index in [-0.39, 0.29) is 5.97 Å². The molecule has 0 amide bonds. The highest BCUT2D eigenvalue weighted by Gasteiger charge is 2.11. The molecule has 1 rings (SSSR count). The molecule has 0 aromatic carbocycles. The monoisotopic (exact) mass is 314 g/mol. The topological polar surface area (TPSA) is 53.9 Å². The number of carbonyl (C=O) groups excluding carboxylic acids is 1. The predicted molar refractivity (Wildman–Crippen MR) is 74.2 cm³/mol. The van der Waals surface area contributed by atoms with Crippen LogP contribution in [0.25, 0.3) is 0 Å². The Hall–Kier alpha value is 0.400. The Labute approximate surface area is 116 Å². The van der Waals surface area contributed by atoms with Gasteiger partial charge in [0.25, 0.3) is 0 Å². The van der Waals surface area contributed by atoms with Gasteiger partial charge in [-0.05, 0) is 0 Å². The minimum Gasteiger partial charge on any atom is -0.468 e. The summed E-state index contributed by atoms with van der Waals surface area (Å²) < 4.78 is 7.83. The number of esters is 1. The first-order valence-electron chi connectivity index (χ1n) is 4.43. The maximum Gasteiger partial charge on any atom is 0.316 e. The van der Waals surface area contributed by atoms with Crippen molar-refractivity contribution in [3.8, 4) is 0 Å². The van der Waals surface area contributed by atoms with E-state index in [1.165, 1.54) is 23.1 Å². The van der Waals surface area contributed by atoms with E-state index in [2.05, 4.69) is 10.5 Å². The Balaban J connectivity index is 2.63. The fraction of sp³-hybridized carbons (Fsp3) is 0.500. The minimum absolute atomic E-state index is 0.206. The number of ether oxygens (including phenoxy) is 1. The lowest BCUT2D eigenvalue weighted by Crippen LogP contribution is -2.51. The number of quaternary nitrogens is 1. The number of hydrogen-bond acceptors (Lipinski definition) is 7. The third kappa shape index (κ3) is 4.72. The van der Waals surface area contributed by atoms with Crippen molar-refractivity contribution in [2.24, 2.45) is 0 Å². The van der Waals surface area contributed by atoms with Crippen molar-refractivity contribution in [1.82, 2.24) is 0 Å². The lowest BCUT2D eigenvalue weighted by Gasteiger charge is -2.00. The second-order valence-electron chi connectivity index (χ2n) is 2.60. The predicted octanol–water partition coefficient (Wildman–Crippen LogP) is 2.14. The highest BCUT2D eigenvalue weighted by atomic mass is 32.2. The second-order valence-corrected chi connectivity index (χ2v) is 8.43. The van der Waals surface area contributed by atoms with E-state index in [1.807, 2.05) is 0 Å². The zero-order valence-corrected chi connectivity index (χ0v) is 12.8. The van der Waals surface area contributed by atoms with Crippen LogP contribution in [-0.4, -0.2) is 31.1 Å². The first-order chi connectivity index (χ1) is 7.67. The molecule has 0 fully saturated rings. The van der Waals surface area contributed by atoms with Crippen LogP contribution in [0.4, 0.5) is 0 Å². The highest BCUT2D eigenvalue weighted by molar-refractivity contribution is 8.05. The number of thioether (sulfide) groups is 2. The Morgan fingerprint density at radius 1 is 1.44 bits per heavy atom. The molecule has 0 aliphatic heterocycles. The first-order valence-corrected chi connectivity index (χ1v) is 8.44. The van der Waals surface area contributed by atoms with Gasteiger partial charge in [0.2, 0.25) is 0 Å². The van der Waals surface area contributed by atoms with E-state index >= 15 is 0 Å². The minimum atomic E-state index is -0.206. The van der Waals surface area contributed by atoms with Crippen molar-refractivity contribution >= 4 is 64.4 Å². The largest absolute Gasteiger partial charge is 0.468 e. The number of rotatable bonds is 6. The average Bonchev–Trinajstić information content (AvgIpc) is 2.63. The summed E-state index contributed by atoms with van der Waals surface area (Å²) in [6.07, 6.45) is 0. The molecule has 3 N–H and O–H groups in total. The standard InChI is InChI=1S/C8H11NO2S5/c1-11-5(10)4-14-7-6(13-3-2-9)15-8(12)16-7/h2-4,9H2,1H3/p+1. The number of methoxy groups -OCH3 is 1. The van der Waals surface area contributed by atoms with Crippen LogP contribution in [0.15, 0.2) is 8.42 Å². The van der Waals surface area contributed by atoms with Gasteiger partial charge in [0.1, 0.15) is 3.14 Å². The van der Waals surface area contributed by atoms with Crippen molar-refractivity contribution in [2.75, 3.05) is 25.2 Å². The van der Waals surface area contributed by atoms with E-state index in [1.54, 1.807) is 34.4 Å². The molecule has 1 heterocycles. The maximum atomic E-state index is 11.0. The summed E-state index contributed by atoms with van der Waals surface area (Å²) >= 11 is 11.6. The summed E-state index contributed by atoms with van der Waals surface area (Å²) in [5.41, 5.74) is 3.80. The van der Waals surface area contributed by atoms with Crippen molar-refractivity contribution < 1.29 is 15.3 Å². The lowest BCUT2D eigenvalue weighted by atomic mass is 10.8. The fourth-order valence-corrected chi connectivity index (χ4v) is 6.59. The second kappa shape index (κ2) is 7.67. The smallest absolute Gasteiger partial charge is 0.316 e. The van der Waals surface area contributed by atoms with Gasteiger partial charge in [0.15, 0.2) is 0 Å². The van der Waals surface area contributed by atoms with E-state index in [9.17, 15) is 4.79 Å². The van der Waals surface area contributed by atoms with Crippen LogP contribution in [0, 0.1) is 3.14 Å². The Bertz CT molecular complexity index is 399. The molecule has 0 bridgehead atoms. The third-order valence-corrected chi connectivity index (χ3v) is 7.09. The zero-order chi connectivity index (χ0) is 12.0. The summed E-state index contributed by atoms with van der Waals surface area (Å²) in [6.45, 7) is 0.890. The van der Waals surface area contributed by atoms with Gasteiger partial charge < -0.3 is 10.5 Å². The molecule has 8 heteroatoms. The van der Waals surface area contributed by atoms with Crippen LogP contribution in [0.3, 0.4) is 0 Å². The Morgan fingerprint density at radius 2 is 2.06 bits per heavy atom. The average molecular weight is 315 g/mol. The van der Waals surface area contributed by atoms with Gasteiger partial charge in [-0.2, -0.15) is 0 Å². The molecular formula is C8H12NO2S5+. The van der Waals surface area contributed by atoms with Crippen LogP contribution in [-0.2, 0) is 9.53 Å². The van der Waals surface area contributed by atoms with E-state index in [0.717, 1.165) is 19.6 Å². The molecule has 0 saturated carbocycles. The van der Waals surface area contributed by atoms with Crippen molar-refractivity contribution in [3.63, 3.8) is 0 Å². The Kier molecular flexibility index (Phi) is 6.94. The van der Waals surface area contributed by atoms with Crippen LogP contribution in [0.1, 0.15) is 0 Å². The number of carbonyl (C=O) groups is 1. The van der Waals surface area contributed by atoms with Gasteiger partial charge in [0.05, 0.1) is 27.8 Å². The van der Waals surface area contributed by atoms with Gasteiger partial charge >= 0.3 is 5.97 Å². The quantitative estimate of drug-likeness (QED) is 0.495. The molecule has 0 saturated heterocycles. The molecule has 0 radical (unpaired) electrons. The molecule has 0 spiro atoms. The van der Waals surface area contributed by atoms with Gasteiger partial charge in [-0.25, -0.2) is 0 Å². The maximum absolute atomic E-state index is 11.0. The molecule has 90 valence electrons. The SMILES string of the molecule is COC(=O)CSc1sc(=S)sc1SCC[NH3+]. The van der Waals surface area contributed by atoms with Gasteiger partial charge in [-0.15, -0.1) is 46.2 Å². The first kappa shape index (κ1) is 14.5. The fourth-order valence-electron chi connectivity index (χ4n) is 0.781. The van der Waals surface area contributed by atoms with Crippen LogP contribution in [0.5, 0.6) is 0 Å². The van der Waals surface area contributed by atoms with Gasteiger partial charge in [-0.3, -0.25) is 4.79 Å². The summed E-state index contributed by atoms with van der Waals surface area (Å²) in [4.78, 5) is 11.0. The summed E-state index contributed by atoms with van der Waals surface area (Å²) in [7, 11) is 1.40. The molecule has 0 atom stereocenters. The Morgan fingerprint density at radius 3 is 2.62 bits per heavy atom. The molecule has 0 unspecified atom stereocenters. The van der Waals surface area contributed by atoms with Crippen molar-refractivity contribution in [3.05, 3.63) is 3.14 Å². The van der Waals surface area contributed by atoms with E-state index in [0.29, 0.717) is 5.75 Å².